The molecule has 0 radical (unpaired) electrons. The van der Waals surface area contributed by atoms with Crippen molar-refractivity contribution < 1.29 is 4.74 Å². The van der Waals surface area contributed by atoms with Crippen LogP contribution in [0.3, 0.4) is 0 Å². The lowest BCUT2D eigenvalue weighted by Crippen LogP contribution is -2.24. The summed E-state index contributed by atoms with van der Waals surface area (Å²) in [6.07, 6.45) is 2.88. The number of halogens is 1. The summed E-state index contributed by atoms with van der Waals surface area (Å²) in [4.78, 5) is 0. The SMILES string of the molecule is C=C(NC(C)C)n1cc2c(n1)-c1ccc(Br)cc1OCC2. The Morgan fingerprint density at radius 3 is 3.05 bits per heavy atom. The Hall–Kier alpha value is -1.75. The zero-order valence-corrected chi connectivity index (χ0v) is 13.8. The van der Waals surface area contributed by atoms with E-state index < -0.39 is 0 Å². The lowest BCUT2D eigenvalue weighted by Gasteiger charge is -2.12. The van der Waals surface area contributed by atoms with Gasteiger partial charge in [-0.25, -0.2) is 4.68 Å². The molecule has 0 saturated heterocycles. The molecule has 4 nitrogen and oxygen atoms in total. The number of rotatable bonds is 3. The molecule has 1 N–H and O–H groups in total. The van der Waals surface area contributed by atoms with Crippen molar-refractivity contribution >= 4 is 21.8 Å². The van der Waals surface area contributed by atoms with Crippen LogP contribution in [0, 0.1) is 0 Å². The minimum atomic E-state index is 0.327. The van der Waals surface area contributed by atoms with Gasteiger partial charge in [-0.3, -0.25) is 0 Å². The molecule has 110 valence electrons. The monoisotopic (exact) mass is 347 g/mol. The fourth-order valence-electron chi connectivity index (χ4n) is 2.44. The average Bonchev–Trinajstić information content (AvgIpc) is 2.75. The fraction of sp³-hybridized carbons (Fsp3) is 0.312. The molecule has 21 heavy (non-hydrogen) atoms. The van der Waals surface area contributed by atoms with E-state index >= 15 is 0 Å². The molecular formula is C16H18BrN3O. The summed E-state index contributed by atoms with van der Waals surface area (Å²) in [6.45, 7) is 8.88. The maximum absolute atomic E-state index is 5.82. The summed E-state index contributed by atoms with van der Waals surface area (Å²) in [6, 6.07) is 6.37. The highest BCUT2D eigenvalue weighted by atomic mass is 79.9. The van der Waals surface area contributed by atoms with Gasteiger partial charge < -0.3 is 10.1 Å². The van der Waals surface area contributed by atoms with Gasteiger partial charge in [0.25, 0.3) is 0 Å². The number of hydrogen-bond donors (Lipinski definition) is 1. The molecule has 0 fully saturated rings. The topological polar surface area (TPSA) is 39.1 Å². The Morgan fingerprint density at radius 2 is 2.29 bits per heavy atom. The molecule has 0 saturated carbocycles. The van der Waals surface area contributed by atoms with Gasteiger partial charge in [0.15, 0.2) is 0 Å². The lowest BCUT2D eigenvalue weighted by molar-refractivity contribution is 0.326. The normalized spacial score (nSPS) is 13.1. The Balaban J connectivity index is 2.03. The molecule has 0 aliphatic carbocycles. The van der Waals surface area contributed by atoms with Crippen molar-refractivity contribution in [2.75, 3.05) is 6.61 Å². The van der Waals surface area contributed by atoms with Crippen LogP contribution in [0.5, 0.6) is 5.75 Å². The first kappa shape index (κ1) is 14.2. The number of nitrogens with one attached hydrogen (secondary N) is 1. The zero-order chi connectivity index (χ0) is 15.0. The van der Waals surface area contributed by atoms with Crippen LogP contribution in [0.15, 0.2) is 35.4 Å². The van der Waals surface area contributed by atoms with Gasteiger partial charge in [-0.15, -0.1) is 0 Å². The van der Waals surface area contributed by atoms with Crippen LogP contribution in [-0.4, -0.2) is 22.4 Å². The summed E-state index contributed by atoms with van der Waals surface area (Å²) in [5.41, 5.74) is 3.19. The van der Waals surface area contributed by atoms with E-state index in [0.717, 1.165) is 33.7 Å². The molecule has 3 rings (SSSR count). The van der Waals surface area contributed by atoms with Crippen LogP contribution in [-0.2, 0) is 6.42 Å². The molecular weight excluding hydrogens is 330 g/mol. The Bertz CT molecular complexity index is 691. The molecule has 2 aromatic rings. The Labute approximate surface area is 132 Å². The molecule has 5 heteroatoms. The predicted molar refractivity (Wildman–Crippen MR) is 88.2 cm³/mol. The third kappa shape index (κ3) is 2.83. The van der Waals surface area contributed by atoms with Crippen molar-refractivity contribution in [3.8, 4) is 17.0 Å². The number of ether oxygens (including phenoxy) is 1. The van der Waals surface area contributed by atoms with Gasteiger partial charge >= 0.3 is 0 Å². The van der Waals surface area contributed by atoms with Crippen LogP contribution in [0.2, 0.25) is 0 Å². The lowest BCUT2D eigenvalue weighted by atomic mass is 10.1. The maximum atomic E-state index is 5.82. The van der Waals surface area contributed by atoms with E-state index in [-0.39, 0.29) is 0 Å². The van der Waals surface area contributed by atoms with Crippen LogP contribution >= 0.6 is 15.9 Å². The molecule has 1 aliphatic heterocycles. The standard InChI is InChI=1S/C16H18BrN3O/c1-10(2)18-11(3)20-9-12-6-7-21-15-8-13(17)4-5-14(15)16(12)19-20/h4-5,8-10,18H,3,6-7H2,1-2H3. The largest absolute Gasteiger partial charge is 0.492 e. The van der Waals surface area contributed by atoms with Crippen molar-refractivity contribution in [3.05, 3.63) is 41.0 Å². The van der Waals surface area contributed by atoms with E-state index in [0.29, 0.717) is 12.6 Å². The van der Waals surface area contributed by atoms with Gasteiger partial charge in [0.1, 0.15) is 11.6 Å². The van der Waals surface area contributed by atoms with Crippen LogP contribution in [0.1, 0.15) is 19.4 Å². The van der Waals surface area contributed by atoms with E-state index in [1.807, 2.05) is 29.1 Å². The summed E-state index contributed by atoms with van der Waals surface area (Å²) in [7, 11) is 0. The van der Waals surface area contributed by atoms with Gasteiger partial charge in [-0.2, -0.15) is 5.10 Å². The van der Waals surface area contributed by atoms with E-state index in [9.17, 15) is 0 Å². The highest BCUT2D eigenvalue weighted by Gasteiger charge is 2.20. The van der Waals surface area contributed by atoms with Crippen LogP contribution in [0.25, 0.3) is 17.1 Å². The molecule has 0 atom stereocenters. The fourth-order valence-corrected chi connectivity index (χ4v) is 2.78. The highest BCUT2D eigenvalue weighted by molar-refractivity contribution is 9.10. The number of nitrogens with zero attached hydrogens (tertiary/aromatic N) is 2. The first-order chi connectivity index (χ1) is 10.0. The molecule has 1 aromatic heterocycles. The first-order valence-electron chi connectivity index (χ1n) is 7.01. The molecule has 2 heterocycles. The predicted octanol–water partition coefficient (Wildman–Crippen LogP) is 3.67. The molecule has 0 unspecified atom stereocenters. The molecule has 1 aromatic carbocycles. The molecule has 0 spiro atoms. The van der Waals surface area contributed by atoms with Crippen LogP contribution in [0.4, 0.5) is 0 Å². The number of aromatic nitrogens is 2. The summed E-state index contributed by atoms with van der Waals surface area (Å²) in [5.74, 6) is 1.66. The molecule has 0 bridgehead atoms. The summed E-state index contributed by atoms with van der Waals surface area (Å²) in [5, 5.41) is 7.98. The van der Waals surface area contributed by atoms with E-state index in [1.165, 1.54) is 5.56 Å². The van der Waals surface area contributed by atoms with Gasteiger partial charge in [0.05, 0.1) is 12.3 Å². The van der Waals surface area contributed by atoms with Gasteiger partial charge in [0, 0.05) is 34.3 Å². The van der Waals surface area contributed by atoms with Gasteiger partial charge in [-0.05, 0) is 32.0 Å². The maximum Gasteiger partial charge on any atom is 0.129 e. The Kier molecular flexibility index (Phi) is 3.76. The quantitative estimate of drug-likeness (QED) is 0.920. The molecule has 0 amide bonds. The van der Waals surface area contributed by atoms with E-state index in [1.54, 1.807) is 0 Å². The number of benzene rings is 1. The minimum absolute atomic E-state index is 0.327. The smallest absolute Gasteiger partial charge is 0.129 e. The second-order valence-electron chi connectivity index (χ2n) is 5.43. The first-order valence-corrected chi connectivity index (χ1v) is 7.81. The number of fused-ring (bicyclic) bond motifs is 3. The van der Waals surface area contributed by atoms with Crippen molar-refractivity contribution in [1.29, 1.82) is 0 Å². The van der Waals surface area contributed by atoms with Crippen molar-refractivity contribution in [2.24, 2.45) is 0 Å². The zero-order valence-electron chi connectivity index (χ0n) is 12.2. The Morgan fingerprint density at radius 1 is 1.48 bits per heavy atom. The van der Waals surface area contributed by atoms with Crippen LogP contribution < -0.4 is 10.1 Å². The highest BCUT2D eigenvalue weighted by Crippen LogP contribution is 2.36. The third-order valence-electron chi connectivity index (χ3n) is 3.35. The van der Waals surface area contributed by atoms with Gasteiger partial charge in [-0.1, -0.05) is 22.5 Å². The summed E-state index contributed by atoms with van der Waals surface area (Å²) < 4.78 is 8.65. The number of hydrogen-bond acceptors (Lipinski definition) is 3. The molecule has 1 aliphatic rings. The van der Waals surface area contributed by atoms with E-state index in [4.69, 9.17) is 9.84 Å². The minimum Gasteiger partial charge on any atom is -0.492 e. The van der Waals surface area contributed by atoms with Crippen molar-refractivity contribution in [3.63, 3.8) is 0 Å². The van der Waals surface area contributed by atoms with Gasteiger partial charge in [0.2, 0.25) is 0 Å². The third-order valence-corrected chi connectivity index (χ3v) is 3.84. The van der Waals surface area contributed by atoms with Crippen molar-refractivity contribution in [2.45, 2.75) is 26.3 Å². The average molecular weight is 348 g/mol. The second-order valence-corrected chi connectivity index (χ2v) is 6.35. The summed E-state index contributed by atoms with van der Waals surface area (Å²) >= 11 is 3.48. The second kappa shape index (κ2) is 5.56. The van der Waals surface area contributed by atoms with E-state index in [2.05, 4.69) is 41.7 Å². The van der Waals surface area contributed by atoms with Crippen molar-refractivity contribution in [1.82, 2.24) is 15.1 Å².